The molecule has 1 aromatic rings. The standard InChI is InChI=1S/C17H22O3/c1-20-16-11-9-15(10-12-16)14-7-5-13(6-8-14)3-2-4-17(18)19/h2-3,9-14H,4-8H2,1H3,(H,18,19)/t13-,14-. The number of allylic oxidation sites excluding steroid dienone is 1. The van der Waals surface area contributed by atoms with E-state index < -0.39 is 5.97 Å². The number of hydrogen-bond acceptors (Lipinski definition) is 2. The van der Waals surface area contributed by atoms with E-state index in [1.165, 1.54) is 18.4 Å². The van der Waals surface area contributed by atoms with Crippen molar-refractivity contribution in [3.8, 4) is 5.75 Å². The van der Waals surface area contributed by atoms with Crippen LogP contribution in [0.2, 0.25) is 0 Å². The Morgan fingerprint density at radius 3 is 2.45 bits per heavy atom. The van der Waals surface area contributed by atoms with Crippen molar-refractivity contribution in [3.63, 3.8) is 0 Å². The van der Waals surface area contributed by atoms with Gasteiger partial charge in [-0.3, -0.25) is 4.79 Å². The molecule has 0 unspecified atom stereocenters. The van der Waals surface area contributed by atoms with E-state index >= 15 is 0 Å². The number of ether oxygens (including phenoxy) is 1. The Morgan fingerprint density at radius 2 is 1.90 bits per heavy atom. The molecule has 3 nitrogen and oxygen atoms in total. The van der Waals surface area contributed by atoms with Crippen molar-refractivity contribution in [2.75, 3.05) is 7.11 Å². The van der Waals surface area contributed by atoms with Gasteiger partial charge in [-0.25, -0.2) is 0 Å². The lowest BCUT2D eigenvalue weighted by Crippen LogP contribution is -2.11. The summed E-state index contributed by atoms with van der Waals surface area (Å²) < 4.78 is 5.18. The molecule has 0 atom stereocenters. The van der Waals surface area contributed by atoms with Gasteiger partial charge in [-0.15, -0.1) is 0 Å². The smallest absolute Gasteiger partial charge is 0.307 e. The fourth-order valence-corrected chi connectivity index (χ4v) is 2.88. The monoisotopic (exact) mass is 274 g/mol. The quantitative estimate of drug-likeness (QED) is 0.825. The lowest BCUT2D eigenvalue weighted by molar-refractivity contribution is -0.136. The number of hydrogen-bond donors (Lipinski definition) is 1. The van der Waals surface area contributed by atoms with Gasteiger partial charge in [0.15, 0.2) is 0 Å². The van der Waals surface area contributed by atoms with Crippen molar-refractivity contribution in [3.05, 3.63) is 42.0 Å². The highest BCUT2D eigenvalue weighted by Crippen LogP contribution is 2.36. The average Bonchev–Trinajstić information content (AvgIpc) is 2.48. The van der Waals surface area contributed by atoms with Gasteiger partial charge in [0.25, 0.3) is 0 Å². The fourth-order valence-electron chi connectivity index (χ4n) is 2.88. The number of carbonyl (C=O) groups is 1. The van der Waals surface area contributed by atoms with Gasteiger partial charge in [0, 0.05) is 0 Å². The number of benzene rings is 1. The summed E-state index contributed by atoms with van der Waals surface area (Å²) in [6, 6.07) is 8.36. The molecule has 0 amide bonds. The number of carboxylic acids is 1. The van der Waals surface area contributed by atoms with Gasteiger partial charge in [0.1, 0.15) is 5.75 Å². The molecular formula is C17H22O3. The minimum Gasteiger partial charge on any atom is -0.497 e. The van der Waals surface area contributed by atoms with Gasteiger partial charge in [-0.1, -0.05) is 24.3 Å². The second-order valence-electron chi connectivity index (χ2n) is 5.41. The molecular weight excluding hydrogens is 252 g/mol. The Hall–Kier alpha value is -1.77. The average molecular weight is 274 g/mol. The summed E-state index contributed by atoms with van der Waals surface area (Å²) >= 11 is 0. The lowest BCUT2D eigenvalue weighted by atomic mass is 9.78. The van der Waals surface area contributed by atoms with Crippen molar-refractivity contribution in [2.45, 2.75) is 38.0 Å². The van der Waals surface area contributed by atoms with Crippen LogP contribution in [0.25, 0.3) is 0 Å². The predicted molar refractivity (Wildman–Crippen MR) is 79.1 cm³/mol. The highest BCUT2D eigenvalue weighted by Gasteiger charge is 2.20. The third kappa shape index (κ3) is 4.12. The third-order valence-corrected chi connectivity index (χ3v) is 4.06. The van der Waals surface area contributed by atoms with E-state index in [0.717, 1.165) is 18.6 Å². The molecule has 1 aromatic carbocycles. The van der Waals surface area contributed by atoms with E-state index in [0.29, 0.717) is 11.8 Å². The molecule has 20 heavy (non-hydrogen) atoms. The fraction of sp³-hybridized carbons (Fsp3) is 0.471. The third-order valence-electron chi connectivity index (χ3n) is 4.06. The highest BCUT2D eigenvalue weighted by molar-refractivity contribution is 5.68. The first-order valence-electron chi connectivity index (χ1n) is 7.21. The van der Waals surface area contributed by atoms with Crippen LogP contribution in [0, 0.1) is 5.92 Å². The predicted octanol–water partition coefficient (Wildman–Crippen LogP) is 4.00. The molecule has 0 aliphatic heterocycles. The first-order valence-corrected chi connectivity index (χ1v) is 7.21. The molecule has 0 radical (unpaired) electrons. The van der Waals surface area contributed by atoms with Crippen LogP contribution >= 0.6 is 0 Å². The Balaban J connectivity index is 1.84. The van der Waals surface area contributed by atoms with E-state index in [-0.39, 0.29) is 6.42 Å². The normalized spacial score (nSPS) is 22.9. The Kier molecular flexibility index (Phi) is 5.22. The maximum Gasteiger partial charge on any atom is 0.307 e. The second kappa shape index (κ2) is 7.13. The maximum atomic E-state index is 10.5. The van der Waals surface area contributed by atoms with Crippen LogP contribution in [-0.4, -0.2) is 18.2 Å². The van der Waals surface area contributed by atoms with Crippen molar-refractivity contribution >= 4 is 5.97 Å². The van der Waals surface area contributed by atoms with Crippen LogP contribution < -0.4 is 4.74 Å². The van der Waals surface area contributed by atoms with Crippen LogP contribution in [-0.2, 0) is 4.79 Å². The highest BCUT2D eigenvalue weighted by atomic mass is 16.5. The second-order valence-corrected chi connectivity index (χ2v) is 5.41. The summed E-state index contributed by atoms with van der Waals surface area (Å²) in [7, 11) is 1.68. The SMILES string of the molecule is COc1ccc([C@H]2CC[C@H](C=CCC(=O)O)CC2)cc1. The van der Waals surface area contributed by atoms with Crippen LogP contribution in [0.4, 0.5) is 0 Å². The van der Waals surface area contributed by atoms with E-state index in [2.05, 4.69) is 18.2 Å². The summed E-state index contributed by atoms with van der Waals surface area (Å²) in [5.41, 5.74) is 1.39. The van der Waals surface area contributed by atoms with Crippen molar-refractivity contribution in [2.24, 2.45) is 5.92 Å². The number of aliphatic carboxylic acids is 1. The topological polar surface area (TPSA) is 46.5 Å². The summed E-state index contributed by atoms with van der Waals surface area (Å²) in [6.07, 6.45) is 8.65. The largest absolute Gasteiger partial charge is 0.497 e. The molecule has 0 bridgehead atoms. The zero-order valence-electron chi connectivity index (χ0n) is 11.9. The van der Waals surface area contributed by atoms with Crippen molar-refractivity contribution < 1.29 is 14.6 Å². The number of rotatable bonds is 5. The van der Waals surface area contributed by atoms with Crippen LogP contribution in [0.15, 0.2) is 36.4 Å². The molecule has 0 spiro atoms. The zero-order valence-corrected chi connectivity index (χ0v) is 11.9. The number of carboxylic acid groups (broad SMARTS) is 1. The van der Waals surface area contributed by atoms with E-state index in [4.69, 9.17) is 9.84 Å². The summed E-state index contributed by atoms with van der Waals surface area (Å²) in [6.45, 7) is 0. The van der Waals surface area contributed by atoms with Gasteiger partial charge >= 0.3 is 5.97 Å². The van der Waals surface area contributed by atoms with Crippen LogP contribution in [0.3, 0.4) is 0 Å². The first kappa shape index (κ1) is 14.6. The molecule has 0 heterocycles. The molecule has 1 aliphatic carbocycles. The Bertz CT molecular complexity index is 454. The van der Waals surface area contributed by atoms with E-state index in [1.54, 1.807) is 13.2 Å². The molecule has 1 aliphatic rings. The van der Waals surface area contributed by atoms with Crippen molar-refractivity contribution in [1.29, 1.82) is 0 Å². The van der Waals surface area contributed by atoms with E-state index in [9.17, 15) is 4.79 Å². The molecule has 1 N–H and O–H groups in total. The van der Waals surface area contributed by atoms with Gasteiger partial charge in [0.2, 0.25) is 0 Å². The Labute approximate surface area is 120 Å². The first-order chi connectivity index (χ1) is 9.69. The zero-order chi connectivity index (χ0) is 14.4. The molecule has 0 aromatic heterocycles. The van der Waals surface area contributed by atoms with Crippen LogP contribution in [0.1, 0.15) is 43.6 Å². The number of methoxy groups -OCH3 is 1. The lowest BCUT2D eigenvalue weighted by Gasteiger charge is -2.27. The van der Waals surface area contributed by atoms with Crippen LogP contribution in [0.5, 0.6) is 5.75 Å². The van der Waals surface area contributed by atoms with Gasteiger partial charge in [-0.05, 0) is 55.2 Å². The van der Waals surface area contributed by atoms with Gasteiger partial charge in [0.05, 0.1) is 13.5 Å². The molecule has 108 valence electrons. The molecule has 1 saturated carbocycles. The minimum atomic E-state index is -0.756. The molecule has 0 saturated heterocycles. The molecule has 2 rings (SSSR count). The van der Waals surface area contributed by atoms with Crippen molar-refractivity contribution in [1.82, 2.24) is 0 Å². The minimum absolute atomic E-state index is 0.137. The van der Waals surface area contributed by atoms with Gasteiger partial charge < -0.3 is 9.84 Å². The van der Waals surface area contributed by atoms with Gasteiger partial charge in [-0.2, -0.15) is 0 Å². The summed E-state index contributed by atoms with van der Waals surface area (Å²) in [5, 5.41) is 8.61. The Morgan fingerprint density at radius 1 is 1.25 bits per heavy atom. The molecule has 3 heteroatoms. The maximum absolute atomic E-state index is 10.5. The van der Waals surface area contributed by atoms with E-state index in [1.807, 2.05) is 12.1 Å². The molecule has 1 fully saturated rings. The summed E-state index contributed by atoms with van der Waals surface area (Å²) in [5.74, 6) is 1.32. The summed E-state index contributed by atoms with van der Waals surface area (Å²) in [4.78, 5) is 10.5.